The second-order valence-corrected chi connectivity index (χ2v) is 20.6. The molecule has 0 aromatic carbocycles. The highest BCUT2D eigenvalue weighted by atomic mass is 16.6. The Kier molecular flexibility index (Phi) is 57.8. The zero-order valence-corrected chi connectivity index (χ0v) is 47.7. The number of unbranched alkanes of at least 4 members (excludes halogenated alkanes) is 33. The second kappa shape index (κ2) is 60.4. The topological polar surface area (TPSA) is 78.9 Å². The van der Waals surface area contributed by atoms with E-state index in [4.69, 9.17) is 14.2 Å². The van der Waals surface area contributed by atoms with Gasteiger partial charge in [0.1, 0.15) is 13.2 Å². The zero-order chi connectivity index (χ0) is 52.2. The van der Waals surface area contributed by atoms with Gasteiger partial charge in [-0.1, -0.05) is 273 Å². The van der Waals surface area contributed by atoms with Crippen molar-refractivity contribution in [2.75, 3.05) is 13.2 Å². The number of rotatable bonds is 56. The number of carbonyl (C=O) groups is 3. The third kappa shape index (κ3) is 57.7. The van der Waals surface area contributed by atoms with Crippen LogP contribution in [-0.4, -0.2) is 37.2 Å². The summed E-state index contributed by atoms with van der Waals surface area (Å²) in [6.45, 7) is 6.54. The van der Waals surface area contributed by atoms with E-state index in [0.717, 1.165) is 96.3 Å². The molecule has 0 saturated carbocycles. The Morgan fingerprint density at radius 1 is 0.292 bits per heavy atom. The molecule has 0 bridgehead atoms. The summed E-state index contributed by atoms with van der Waals surface area (Å²) in [5, 5.41) is 0. The molecule has 0 aliphatic carbocycles. The van der Waals surface area contributed by atoms with Crippen molar-refractivity contribution in [2.45, 2.75) is 316 Å². The molecular weight excluding hydrogens is 889 g/mol. The van der Waals surface area contributed by atoms with Crippen LogP contribution in [0.15, 0.2) is 72.9 Å². The molecule has 0 spiro atoms. The van der Waals surface area contributed by atoms with Gasteiger partial charge < -0.3 is 14.2 Å². The average molecular weight is 1010 g/mol. The van der Waals surface area contributed by atoms with Gasteiger partial charge in [0.2, 0.25) is 0 Å². The normalized spacial score (nSPS) is 12.5. The molecule has 416 valence electrons. The van der Waals surface area contributed by atoms with Gasteiger partial charge in [-0.3, -0.25) is 14.4 Å². The molecule has 6 heteroatoms. The quantitative estimate of drug-likeness (QED) is 0.0261. The lowest BCUT2D eigenvalue weighted by Gasteiger charge is -2.18. The van der Waals surface area contributed by atoms with E-state index < -0.39 is 6.10 Å². The van der Waals surface area contributed by atoms with Crippen molar-refractivity contribution in [2.24, 2.45) is 0 Å². The molecule has 0 aromatic rings. The summed E-state index contributed by atoms with van der Waals surface area (Å²) in [7, 11) is 0. The number of carbonyl (C=O) groups excluding carboxylic acids is 3. The molecule has 0 aromatic heterocycles. The predicted octanol–water partition coefficient (Wildman–Crippen LogP) is 20.9. The SMILES string of the molecule is CC/C=C\C/C=C\C/C=C\C/C=C\CCCCCCCCCCC(=O)OCC(COC(=O)CCCCCCCCCCCCCC)OC(=O)CCCCCCCCCCC/C=C\C/C=C\CCCCCCC. The largest absolute Gasteiger partial charge is 0.462 e. The summed E-state index contributed by atoms with van der Waals surface area (Å²) in [6.07, 6.45) is 77.5. The van der Waals surface area contributed by atoms with Crippen LogP contribution in [0.1, 0.15) is 310 Å². The third-order valence-electron chi connectivity index (χ3n) is 13.4. The maximum Gasteiger partial charge on any atom is 0.306 e. The van der Waals surface area contributed by atoms with Crippen molar-refractivity contribution in [1.82, 2.24) is 0 Å². The third-order valence-corrected chi connectivity index (χ3v) is 13.4. The average Bonchev–Trinajstić information content (AvgIpc) is 3.38. The highest BCUT2D eigenvalue weighted by molar-refractivity contribution is 5.71. The van der Waals surface area contributed by atoms with Crippen molar-refractivity contribution in [3.8, 4) is 0 Å². The molecular formula is C66H116O6. The summed E-state index contributed by atoms with van der Waals surface area (Å²) in [5.41, 5.74) is 0. The smallest absolute Gasteiger partial charge is 0.306 e. The van der Waals surface area contributed by atoms with Gasteiger partial charge in [0, 0.05) is 19.3 Å². The molecule has 0 radical (unpaired) electrons. The maximum atomic E-state index is 12.9. The van der Waals surface area contributed by atoms with Crippen LogP contribution in [0.3, 0.4) is 0 Å². The zero-order valence-electron chi connectivity index (χ0n) is 47.7. The number of allylic oxidation sites excluding steroid dienone is 12. The number of ether oxygens (including phenoxy) is 3. The molecule has 0 heterocycles. The number of hydrogen-bond donors (Lipinski definition) is 0. The van der Waals surface area contributed by atoms with Crippen molar-refractivity contribution >= 4 is 17.9 Å². The summed E-state index contributed by atoms with van der Waals surface area (Å²) < 4.78 is 16.9. The fourth-order valence-corrected chi connectivity index (χ4v) is 8.82. The fourth-order valence-electron chi connectivity index (χ4n) is 8.82. The Balaban J connectivity index is 4.33. The predicted molar refractivity (Wildman–Crippen MR) is 311 cm³/mol. The Morgan fingerprint density at radius 2 is 0.542 bits per heavy atom. The van der Waals surface area contributed by atoms with Gasteiger partial charge in [0.05, 0.1) is 0 Å². The molecule has 6 nitrogen and oxygen atoms in total. The summed E-state index contributed by atoms with van der Waals surface area (Å²) in [4.78, 5) is 38.2. The van der Waals surface area contributed by atoms with E-state index in [0.29, 0.717) is 19.3 Å². The monoisotopic (exact) mass is 1000 g/mol. The lowest BCUT2D eigenvalue weighted by atomic mass is 10.0. The first-order valence-corrected chi connectivity index (χ1v) is 30.9. The fraction of sp³-hybridized carbons (Fsp3) is 0.773. The van der Waals surface area contributed by atoms with Crippen LogP contribution in [0.5, 0.6) is 0 Å². The first-order valence-electron chi connectivity index (χ1n) is 30.9. The van der Waals surface area contributed by atoms with Gasteiger partial charge in [0.25, 0.3) is 0 Å². The van der Waals surface area contributed by atoms with Crippen LogP contribution in [0.2, 0.25) is 0 Å². The molecule has 0 aliphatic heterocycles. The first kappa shape index (κ1) is 68.8. The van der Waals surface area contributed by atoms with Crippen LogP contribution < -0.4 is 0 Å². The first-order chi connectivity index (χ1) is 35.5. The number of esters is 3. The van der Waals surface area contributed by atoms with E-state index in [9.17, 15) is 14.4 Å². The van der Waals surface area contributed by atoms with E-state index in [1.54, 1.807) is 0 Å². The van der Waals surface area contributed by atoms with E-state index in [1.165, 1.54) is 173 Å². The molecule has 0 aliphatic rings. The number of hydrogen-bond acceptors (Lipinski definition) is 6. The van der Waals surface area contributed by atoms with E-state index >= 15 is 0 Å². The van der Waals surface area contributed by atoms with Crippen LogP contribution in [0, 0.1) is 0 Å². The second-order valence-electron chi connectivity index (χ2n) is 20.6. The minimum absolute atomic E-state index is 0.0769. The Morgan fingerprint density at radius 3 is 0.847 bits per heavy atom. The minimum Gasteiger partial charge on any atom is -0.462 e. The van der Waals surface area contributed by atoms with Gasteiger partial charge in [-0.05, 0) is 89.9 Å². The van der Waals surface area contributed by atoms with Gasteiger partial charge in [0.15, 0.2) is 6.10 Å². The maximum absolute atomic E-state index is 12.9. The van der Waals surface area contributed by atoms with Gasteiger partial charge in [-0.2, -0.15) is 0 Å². The summed E-state index contributed by atoms with van der Waals surface area (Å²) >= 11 is 0. The van der Waals surface area contributed by atoms with Gasteiger partial charge in [-0.15, -0.1) is 0 Å². The molecule has 1 atom stereocenters. The molecule has 72 heavy (non-hydrogen) atoms. The van der Waals surface area contributed by atoms with Gasteiger partial charge in [-0.25, -0.2) is 0 Å². The minimum atomic E-state index is -0.780. The van der Waals surface area contributed by atoms with Crippen molar-refractivity contribution in [3.63, 3.8) is 0 Å². The molecule has 0 amide bonds. The Labute approximate surface area is 446 Å². The summed E-state index contributed by atoms with van der Waals surface area (Å²) in [6, 6.07) is 0. The molecule has 1 unspecified atom stereocenters. The molecule has 0 N–H and O–H groups in total. The Bertz CT molecular complexity index is 1340. The Hall–Kier alpha value is -3.15. The lowest BCUT2D eigenvalue weighted by Crippen LogP contribution is -2.30. The van der Waals surface area contributed by atoms with Crippen molar-refractivity contribution in [3.05, 3.63) is 72.9 Å². The highest BCUT2D eigenvalue weighted by Crippen LogP contribution is 2.16. The van der Waals surface area contributed by atoms with Gasteiger partial charge >= 0.3 is 17.9 Å². The molecule has 0 rings (SSSR count). The molecule has 0 fully saturated rings. The van der Waals surface area contributed by atoms with Crippen LogP contribution in [0.4, 0.5) is 0 Å². The highest BCUT2D eigenvalue weighted by Gasteiger charge is 2.19. The van der Waals surface area contributed by atoms with Crippen LogP contribution in [0.25, 0.3) is 0 Å². The standard InChI is InChI=1S/C66H116O6/c1-4-7-10-13-16-19-22-25-27-29-31-33-35-37-39-41-44-47-50-53-56-59-65(68)71-62-63(61-70-64(67)58-55-52-49-46-43-24-21-18-15-12-9-6-3)72-66(69)60-57-54-51-48-45-42-40-38-36-34-32-30-28-26-23-20-17-14-11-8-5-2/h7,10,16,19,23,25-27,30-33,63H,4-6,8-9,11-15,17-18,20-22,24,28-29,34-62H2,1-3H3/b10-7-,19-16-,26-23-,27-25-,32-30-,33-31-. The van der Waals surface area contributed by atoms with Crippen molar-refractivity contribution < 1.29 is 28.6 Å². The van der Waals surface area contributed by atoms with Crippen molar-refractivity contribution in [1.29, 1.82) is 0 Å². The summed E-state index contributed by atoms with van der Waals surface area (Å²) in [5.74, 6) is -0.877. The van der Waals surface area contributed by atoms with E-state index in [2.05, 4.69) is 93.7 Å². The van der Waals surface area contributed by atoms with Crippen LogP contribution in [-0.2, 0) is 28.6 Å². The van der Waals surface area contributed by atoms with Crippen LogP contribution >= 0.6 is 0 Å². The lowest BCUT2D eigenvalue weighted by molar-refractivity contribution is -0.167. The van der Waals surface area contributed by atoms with E-state index in [1.807, 2.05) is 0 Å². The van der Waals surface area contributed by atoms with E-state index in [-0.39, 0.29) is 31.1 Å². The molecule has 0 saturated heterocycles.